The molecule has 14 nitrogen and oxygen atoms in total. The zero-order chi connectivity index (χ0) is 23.0. The average Bonchev–Trinajstić information content (AvgIpc) is 3.43. The van der Waals surface area contributed by atoms with Crippen LogP contribution in [0.1, 0.15) is 12.6 Å². The Kier molecular flexibility index (Phi) is 6.02. The van der Waals surface area contributed by atoms with Crippen LogP contribution in [-0.4, -0.2) is 86.7 Å². The van der Waals surface area contributed by atoms with E-state index in [1.807, 2.05) is 0 Å². The van der Waals surface area contributed by atoms with Crippen LogP contribution in [0.3, 0.4) is 0 Å². The molecule has 2 aliphatic rings. The van der Waals surface area contributed by atoms with Crippen LogP contribution in [0.5, 0.6) is 0 Å². The Balaban J connectivity index is 1.52. The molecule has 4 rings (SSSR count). The van der Waals surface area contributed by atoms with Crippen LogP contribution in [-0.2, 0) is 14.4 Å². The predicted molar refractivity (Wildman–Crippen MR) is 114 cm³/mol. The minimum atomic E-state index is -1.25. The number of aromatic nitrogens is 5. The lowest BCUT2D eigenvalue weighted by Crippen LogP contribution is -2.71. The number of carboxylic acids is 1. The van der Waals surface area contributed by atoms with Gasteiger partial charge in [0.25, 0.3) is 11.8 Å². The molecule has 2 aromatic rings. The summed E-state index contributed by atoms with van der Waals surface area (Å²) in [5, 5.41) is 38.9. The van der Waals surface area contributed by atoms with Crippen LogP contribution >= 0.6 is 34.9 Å². The number of nitrogens with two attached hydrogens (primary N) is 1. The first-order valence-corrected chi connectivity index (χ1v) is 11.7. The number of tetrazole rings is 1. The first kappa shape index (κ1) is 22.0. The number of H-pyrrole nitrogens is 1. The smallest absolute Gasteiger partial charge is 0.352 e. The van der Waals surface area contributed by atoms with E-state index >= 15 is 0 Å². The van der Waals surface area contributed by atoms with Crippen LogP contribution < -0.4 is 11.1 Å². The third kappa shape index (κ3) is 3.89. The van der Waals surface area contributed by atoms with Gasteiger partial charge < -0.3 is 21.4 Å². The summed E-state index contributed by atoms with van der Waals surface area (Å²) >= 11 is 3.60. The SMILES string of the molecule is CC(Sc1nnn[nH]1)C1=C(C(=O)O)N2C(=O)[C@@H](NC(=O)C(=NO)c3csc(N)n3)[C@@H]2SC1. The number of carbonyl (C=O) groups excluding carboxylic acids is 2. The zero-order valence-corrected chi connectivity index (χ0v) is 18.6. The van der Waals surface area contributed by atoms with E-state index in [4.69, 9.17) is 5.73 Å². The topological polar surface area (TPSA) is 213 Å². The largest absolute Gasteiger partial charge is 0.477 e. The molecule has 0 radical (unpaired) electrons. The van der Waals surface area contributed by atoms with Crippen molar-refractivity contribution >= 4 is 63.5 Å². The lowest BCUT2D eigenvalue weighted by atomic mass is 10.0. The van der Waals surface area contributed by atoms with Gasteiger partial charge in [-0.1, -0.05) is 16.9 Å². The van der Waals surface area contributed by atoms with E-state index in [0.717, 1.165) is 16.2 Å². The van der Waals surface area contributed by atoms with Crippen molar-refractivity contribution in [3.63, 3.8) is 0 Å². The number of aromatic amines is 1. The fourth-order valence-electron chi connectivity index (χ4n) is 3.21. The van der Waals surface area contributed by atoms with Crippen molar-refractivity contribution in [3.8, 4) is 0 Å². The second-order valence-electron chi connectivity index (χ2n) is 6.53. The molecule has 168 valence electrons. The summed E-state index contributed by atoms with van der Waals surface area (Å²) < 4.78 is 0. The fraction of sp³-hybridized carbons (Fsp3) is 0.333. The van der Waals surface area contributed by atoms with E-state index in [1.165, 1.54) is 28.9 Å². The number of nitrogen functional groups attached to an aromatic ring is 1. The number of aliphatic carboxylic acids is 1. The molecule has 3 atom stereocenters. The van der Waals surface area contributed by atoms with Crippen LogP contribution in [0.4, 0.5) is 5.13 Å². The Morgan fingerprint density at radius 1 is 1.50 bits per heavy atom. The first-order valence-electron chi connectivity index (χ1n) is 8.87. The predicted octanol–water partition coefficient (Wildman–Crippen LogP) is -0.664. The van der Waals surface area contributed by atoms with Crippen molar-refractivity contribution < 1.29 is 24.7 Å². The average molecular weight is 498 g/mol. The maximum Gasteiger partial charge on any atom is 0.352 e. The van der Waals surface area contributed by atoms with Gasteiger partial charge in [-0.05, 0) is 22.9 Å². The summed E-state index contributed by atoms with van der Waals surface area (Å²) in [5.41, 5.74) is 5.62. The zero-order valence-electron chi connectivity index (χ0n) is 16.1. The maximum atomic E-state index is 12.8. The molecule has 6 N–H and O–H groups in total. The summed E-state index contributed by atoms with van der Waals surface area (Å²) in [5.74, 6) is -2.34. The molecule has 2 aromatic heterocycles. The Morgan fingerprint density at radius 3 is 2.88 bits per heavy atom. The van der Waals surface area contributed by atoms with Crippen LogP contribution in [0.2, 0.25) is 0 Å². The quantitative estimate of drug-likeness (QED) is 0.106. The van der Waals surface area contributed by atoms with E-state index in [2.05, 4.69) is 36.1 Å². The lowest BCUT2D eigenvalue weighted by molar-refractivity contribution is -0.150. The molecule has 0 saturated carbocycles. The summed E-state index contributed by atoms with van der Waals surface area (Å²) in [6.07, 6.45) is 0. The molecule has 0 aromatic carbocycles. The van der Waals surface area contributed by atoms with Gasteiger partial charge in [-0.3, -0.25) is 14.5 Å². The number of β-lactam (4-membered cyclic amide) rings is 1. The van der Waals surface area contributed by atoms with Crippen molar-refractivity contribution in [2.24, 2.45) is 5.16 Å². The molecule has 4 heterocycles. The van der Waals surface area contributed by atoms with Gasteiger partial charge in [0.05, 0.1) is 0 Å². The number of nitrogens with one attached hydrogen (secondary N) is 2. The number of thioether (sulfide) groups is 2. The van der Waals surface area contributed by atoms with Gasteiger partial charge in [-0.15, -0.1) is 28.2 Å². The monoisotopic (exact) mass is 497 g/mol. The number of amides is 2. The fourth-order valence-corrected chi connectivity index (χ4v) is 6.19. The third-order valence-electron chi connectivity index (χ3n) is 4.67. The number of carbonyl (C=O) groups is 3. The van der Waals surface area contributed by atoms with Crippen molar-refractivity contribution in [3.05, 3.63) is 22.3 Å². The highest BCUT2D eigenvalue weighted by molar-refractivity contribution is 8.01. The minimum Gasteiger partial charge on any atom is -0.477 e. The van der Waals surface area contributed by atoms with Gasteiger partial charge in [0, 0.05) is 16.4 Å². The summed E-state index contributed by atoms with van der Waals surface area (Å²) in [6, 6.07) is -0.988. The third-order valence-corrected chi connectivity index (χ3v) is 7.68. The molecule has 32 heavy (non-hydrogen) atoms. The highest BCUT2D eigenvalue weighted by atomic mass is 32.2. The van der Waals surface area contributed by atoms with E-state index < -0.39 is 34.9 Å². The van der Waals surface area contributed by atoms with Crippen LogP contribution in [0.15, 0.2) is 27.0 Å². The van der Waals surface area contributed by atoms with Crippen LogP contribution in [0, 0.1) is 0 Å². The Labute approximate surface area is 191 Å². The van der Waals surface area contributed by atoms with Gasteiger partial charge in [0.2, 0.25) is 5.16 Å². The number of anilines is 1. The van der Waals surface area contributed by atoms with Crippen molar-refractivity contribution in [2.75, 3.05) is 11.5 Å². The molecule has 0 spiro atoms. The van der Waals surface area contributed by atoms with Gasteiger partial charge in [-0.25, -0.2) is 14.9 Å². The number of hydrogen-bond acceptors (Lipinski definition) is 13. The molecule has 1 fully saturated rings. The van der Waals surface area contributed by atoms with Crippen molar-refractivity contribution in [1.29, 1.82) is 0 Å². The molecular weight excluding hydrogens is 482 g/mol. The molecule has 0 aliphatic carbocycles. The molecule has 1 saturated heterocycles. The van der Waals surface area contributed by atoms with Crippen molar-refractivity contribution in [2.45, 2.75) is 28.7 Å². The highest BCUT2D eigenvalue weighted by Gasteiger charge is 2.55. The number of carboxylic acid groups (broad SMARTS) is 1. The number of thiazole rings is 1. The molecule has 2 amide bonds. The van der Waals surface area contributed by atoms with E-state index in [0.29, 0.717) is 16.5 Å². The number of fused-ring (bicyclic) bond motifs is 1. The number of oxime groups is 1. The summed E-state index contributed by atoms with van der Waals surface area (Å²) in [4.78, 5) is 42.4. The number of rotatable bonds is 7. The van der Waals surface area contributed by atoms with Gasteiger partial charge >= 0.3 is 5.97 Å². The lowest BCUT2D eigenvalue weighted by Gasteiger charge is -2.49. The highest BCUT2D eigenvalue weighted by Crippen LogP contribution is 2.43. The Hall–Kier alpha value is -3.18. The minimum absolute atomic E-state index is 0.0635. The molecule has 0 bridgehead atoms. The maximum absolute atomic E-state index is 12.8. The standard InChI is InChI=1S/C15H15N9O5S3/c1-4(32-15-19-22-23-20-15)5-2-30-12-8(11(26)24(12)9(5)13(27)28)18-10(25)7(21-29)6-3-31-14(16)17-6/h3-4,8,12,29H,2H2,1H3,(H2,16,17)(H,18,25)(H,27,28)(H,19,20,22,23)/t4?,8-,12+/m1/s1. The summed E-state index contributed by atoms with van der Waals surface area (Å²) in [6.45, 7) is 1.79. The van der Waals surface area contributed by atoms with Gasteiger partial charge in [0.15, 0.2) is 10.8 Å². The molecular formula is C15H15N9O5S3. The first-order chi connectivity index (χ1) is 15.3. The van der Waals surface area contributed by atoms with Crippen molar-refractivity contribution in [1.82, 2.24) is 35.8 Å². The molecule has 1 unspecified atom stereocenters. The Bertz CT molecular complexity index is 1130. The summed E-state index contributed by atoms with van der Waals surface area (Å²) in [7, 11) is 0. The number of hydrogen-bond donors (Lipinski definition) is 5. The Morgan fingerprint density at radius 2 is 2.28 bits per heavy atom. The number of nitrogens with zero attached hydrogens (tertiary/aromatic N) is 6. The van der Waals surface area contributed by atoms with E-state index in [9.17, 15) is 24.7 Å². The van der Waals surface area contributed by atoms with Gasteiger partial charge in [0.1, 0.15) is 22.8 Å². The normalized spacial score (nSPS) is 21.7. The second kappa shape index (κ2) is 8.75. The van der Waals surface area contributed by atoms with Gasteiger partial charge in [-0.2, -0.15) is 0 Å². The molecule has 17 heteroatoms. The van der Waals surface area contributed by atoms with E-state index in [-0.39, 0.29) is 21.8 Å². The second-order valence-corrected chi connectivity index (χ2v) is 9.85. The molecule has 2 aliphatic heterocycles. The van der Waals surface area contributed by atoms with E-state index in [1.54, 1.807) is 6.92 Å². The van der Waals surface area contributed by atoms with Crippen LogP contribution in [0.25, 0.3) is 0 Å².